The number of benzene rings is 1. The van der Waals surface area contributed by atoms with Crippen molar-refractivity contribution in [3.63, 3.8) is 0 Å². The molecular formula is C13H11F3N2O2. The van der Waals surface area contributed by atoms with Crippen LogP contribution in [0.2, 0.25) is 0 Å². The summed E-state index contributed by atoms with van der Waals surface area (Å²) in [4.78, 5) is 11.1. The molecule has 0 saturated heterocycles. The highest BCUT2D eigenvalue weighted by Crippen LogP contribution is 2.20. The zero-order chi connectivity index (χ0) is 14.9. The van der Waals surface area contributed by atoms with E-state index in [1.165, 1.54) is 0 Å². The van der Waals surface area contributed by atoms with Crippen molar-refractivity contribution in [2.75, 3.05) is 0 Å². The second-order valence-electron chi connectivity index (χ2n) is 4.20. The summed E-state index contributed by atoms with van der Waals surface area (Å²) in [5.41, 5.74) is 0.208. The maximum Gasteiger partial charge on any atom is 0.339 e. The minimum atomic E-state index is -1.57. The number of carboxylic acids is 1. The van der Waals surface area contributed by atoms with E-state index in [1.807, 2.05) is 6.92 Å². The lowest BCUT2D eigenvalue weighted by Crippen LogP contribution is -2.08. The fourth-order valence-electron chi connectivity index (χ4n) is 1.92. The fourth-order valence-corrected chi connectivity index (χ4v) is 1.92. The topological polar surface area (TPSA) is 55.1 Å². The van der Waals surface area contributed by atoms with E-state index in [0.717, 1.165) is 23.0 Å². The first-order valence-electron chi connectivity index (χ1n) is 5.90. The standard InChI is InChI=1S/C13H11F3N2O2/c1-2-3-11-8(13(19)20)6-17-18(11)7-4-9(14)12(16)10(15)5-7/h4-6H,2-3H2,1H3,(H,19,20). The summed E-state index contributed by atoms with van der Waals surface area (Å²) in [6.45, 7) is 1.83. The van der Waals surface area contributed by atoms with E-state index in [9.17, 15) is 18.0 Å². The summed E-state index contributed by atoms with van der Waals surface area (Å²) < 4.78 is 40.5. The van der Waals surface area contributed by atoms with Crippen molar-refractivity contribution < 1.29 is 23.1 Å². The third-order valence-corrected chi connectivity index (χ3v) is 2.80. The van der Waals surface area contributed by atoms with Crippen LogP contribution < -0.4 is 0 Å². The Bertz CT molecular complexity index is 645. The molecule has 4 nitrogen and oxygen atoms in total. The maximum absolute atomic E-state index is 13.2. The Labute approximate surface area is 112 Å². The quantitative estimate of drug-likeness (QED) is 0.878. The van der Waals surface area contributed by atoms with Crippen molar-refractivity contribution in [1.29, 1.82) is 0 Å². The van der Waals surface area contributed by atoms with Crippen molar-refractivity contribution in [2.24, 2.45) is 0 Å². The molecule has 1 N–H and O–H groups in total. The van der Waals surface area contributed by atoms with Gasteiger partial charge in [0, 0.05) is 12.1 Å². The number of nitrogens with zero attached hydrogens (tertiary/aromatic N) is 2. The van der Waals surface area contributed by atoms with E-state index in [-0.39, 0.29) is 11.3 Å². The molecule has 1 heterocycles. The van der Waals surface area contributed by atoms with Gasteiger partial charge in [0.25, 0.3) is 0 Å². The van der Waals surface area contributed by atoms with Gasteiger partial charge in [0.15, 0.2) is 17.5 Å². The highest BCUT2D eigenvalue weighted by atomic mass is 19.2. The van der Waals surface area contributed by atoms with Gasteiger partial charge in [0.2, 0.25) is 0 Å². The van der Waals surface area contributed by atoms with Crippen LogP contribution in [0.15, 0.2) is 18.3 Å². The molecule has 0 atom stereocenters. The number of rotatable bonds is 4. The van der Waals surface area contributed by atoms with Crippen LogP contribution in [0.25, 0.3) is 5.69 Å². The molecule has 0 aliphatic rings. The van der Waals surface area contributed by atoms with Gasteiger partial charge in [-0.05, 0) is 6.42 Å². The van der Waals surface area contributed by atoms with Crippen molar-refractivity contribution >= 4 is 5.97 Å². The number of halogens is 3. The van der Waals surface area contributed by atoms with Crippen LogP contribution in [0.3, 0.4) is 0 Å². The molecule has 0 unspecified atom stereocenters. The van der Waals surface area contributed by atoms with Gasteiger partial charge in [-0.2, -0.15) is 5.10 Å². The van der Waals surface area contributed by atoms with Gasteiger partial charge in [0.05, 0.1) is 17.6 Å². The molecule has 0 amide bonds. The van der Waals surface area contributed by atoms with Crippen LogP contribution in [0.1, 0.15) is 29.4 Å². The average Bonchev–Trinajstić information content (AvgIpc) is 2.79. The second kappa shape index (κ2) is 5.36. The number of carboxylic acid groups (broad SMARTS) is 1. The summed E-state index contributed by atoms with van der Waals surface area (Å²) in [5.74, 6) is -5.45. The van der Waals surface area contributed by atoms with Gasteiger partial charge in [0.1, 0.15) is 5.56 Å². The molecule has 0 spiro atoms. The molecule has 0 fully saturated rings. The summed E-state index contributed by atoms with van der Waals surface area (Å²) >= 11 is 0. The van der Waals surface area contributed by atoms with E-state index < -0.39 is 23.4 Å². The first kappa shape index (κ1) is 14.1. The molecule has 1 aromatic heterocycles. The van der Waals surface area contributed by atoms with Gasteiger partial charge < -0.3 is 5.11 Å². The minimum absolute atomic E-state index is 0.0445. The molecule has 0 radical (unpaired) electrons. The predicted molar refractivity (Wildman–Crippen MR) is 64.4 cm³/mol. The van der Waals surface area contributed by atoms with Crippen molar-refractivity contribution in [3.8, 4) is 5.69 Å². The minimum Gasteiger partial charge on any atom is -0.478 e. The molecule has 0 saturated carbocycles. The molecule has 1 aromatic carbocycles. The van der Waals surface area contributed by atoms with Crippen LogP contribution in [-0.2, 0) is 6.42 Å². The van der Waals surface area contributed by atoms with E-state index in [1.54, 1.807) is 0 Å². The zero-order valence-electron chi connectivity index (χ0n) is 10.5. The Balaban J connectivity index is 2.60. The maximum atomic E-state index is 13.2. The highest BCUT2D eigenvalue weighted by Gasteiger charge is 2.19. The lowest BCUT2D eigenvalue weighted by molar-refractivity contribution is 0.0695. The Kier molecular flexibility index (Phi) is 3.78. The first-order chi connectivity index (χ1) is 9.45. The number of hydrogen-bond donors (Lipinski definition) is 1. The highest BCUT2D eigenvalue weighted by molar-refractivity contribution is 5.88. The van der Waals surface area contributed by atoms with Crippen molar-refractivity contribution in [1.82, 2.24) is 9.78 Å². The summed E-state index contributed by atoms with van der Waals surface area (Å²) in [5, 5.41) is 12.9. The van der Waals surface area contributed by atoms with Crippen LogP contribution >= 0.6 is 0 Å². The molecule has 106 valence electrons. The van der Waals surface area contributed by atoms with Gasteiger partial charge >= 0.3 is 5.97 Å². The molecule has 7 heteroatoms. The lowest BCUT2D eigenvalue weighted by atomic mass is 10.1. The Morgan fingerprint density at radius 3 is 2.40 bits per heavy atom. The number of aromatic carboxylic acids is 1. The van der Waals surface area contributed by atoms with Crippen LogP contribution in [0.5, 0.6) is 0 Å². The average molecular weight is 284 g/mol. The summed E-state index contributed by atoms with van der Waals surface area (Å²) in [6.07, 6.45) is 2.09. The first-order valence-corrected chi connectivity index (χ1v) is 5.90. The van der Waals surface area contributed by atoms with Gasteiger partial charge in [-0.1, -0.05) is 13.3 Å². The number of hydrogen-bond acceptors (Lipinski definition) is 2. The molecular weight excluding hydrogens is 273 g/mol. The summed E-state index contributed by atoms with van der Waals surface area (Å²) in [6, 6.07) is 1.55. The largest absolute Gasteiger partial charge is 0.478 e. The number of aromatic nitrogens is 2. The normalized spacial score (nSPS) is 10.8. The fraction of sp³-hybridized carbons (Fsp3) is 0.231. The molecule has 0 bridgehead atoms. The Hall–Kier alpha value is -2.31. The molecule has 0 aliphatic carbocycles. The molecule has 2 rings (SSSR count). The van der Waals surface area contributed by atoms with Gasteiger partial charge in [-0.3, -0.25) is 0 Å². The number of carbonyl (C=O) groups is 1. The van der Waals surface area contributed by atoms with E-state index in [2.05, 4.69) is 5.10 Å². The smallest absolute Gasteiger partial charge is 0.339 e. The van der Waals surface area contributed by atoms with Crippen LogP contribution in [0.4, 0.5) is 13.2 Å². The second-order valence-corrected chi connectivity index (χ2v) is 4.20. The lowest BCUT2D eigenvalue weighted by Gasteiger charge is -2.08. The predicted octanol–water partition coefficient (Wildman–Crippen LogP) is 2.94. The molecule has 2 aromatic rings. The summed E-state index contributed by atoms with van der Waals surface area (Å²) in [7, 11) is 0. The Morgan fingerprint density at radius 1 is 1.30 bits per heavy atom. The zero-order valence-corrected chi connectivity index (χ0v) is 10.5. The van der Waals surface area contributed by atoms with Crippen molar-refractivity contribution in [3.05, 3.63) is 47.0 Å². The van der Waals surface area contributed by atoms with E-state index in [4.69, 9.17) is 5.11 Å². The van der Waals surface area contributed by atoms with E-state index >= 15 is 0 Å². The van der Waals surface area contributed by atoms with Crippen molar-refractivity contribution in [2.45, 2.75) is 19.8 Å². The SMILES string of the molecule is CCCc1c(C(=O)O)cnn1-c1cc(F)c(F)c(F)c1. The van der Waals surface area contributed by atoms with Gasteiger partial charge in [-0.25, -0.2) is 22.6 Å². The Morgan fingerprint density at radius 2 is 1.90 bits per heavy atom. The van der Waals surface area contributed by atoms with E-state index in [0.29, 0.717) is 18.5 Å². The van der Waals surface area contributed by atoms with Gasteiger partial charge in [-0.15, -0.1) is 0 Å². The third kappa shape index (κ3) is 2.38. The monoisotopic (exact) mass is 284 g/mol. The third-order valence-electron chi connectivity index (χ3n) is 2.80. The van der Waals surface area contributed by atoms with Crippen LogP contribution in [-0.4, -0.2) is 20.9 Å². The van der Waals surface area contributed by atoms with Crippen LogP contribution in [0, 0.1) is 17.5 Å². The molecule has 20 heavy (non-hydrogen) atoms. The molecule has 0 aliphatic heterocycles.